The van der Waals surface area contributed by atoms with Gasteiger partial charge in [-0.1, -0.05) is 11.6 Å². The number of carboxylic acid groups (broad SMARTS) is 1. The maximum atomic E-state index is 11.0. The number of fused-ring (bicyclic) bond motifs is 4. The number of aryl methyl sites for hydroxylation is 1. The van der Waals surface area contributed by atoms with Crippen LogP contribution in [0.3, 0.4) is 0 Å². The topological polar surface area (TPSA) is 93.6 Å². The molecular weight excluding hydrogens is 370 g/mol. The van der Waals surface area contributed by atoms with E-state index in [-0.39, 0.29) is 5.60 Å². The van der Waals surface area contributed by atoms with E-state index in [1.807, 2.05) is 6.07 Å². The third-order valence-corrected chi connectivity index (χ3v) is 6.25. The molecule has 7 nitrogen and oxygen atoms in total. The standard InChI is InChI=1S/C19H22ClN3O4/c1-26-15-3-2-14-16(22-15)12(13(20)10-21-14)4-5-19-8-6-18(7-9-19,11-27-19)23-17(24)25/h2-3,10,23H,4-9,11H2,1H3,(H,24,25). The molecule has 1 saturated carbocycles. The summed E-state index contributed by atoms with van der Waals surface area (Å²) in [6.45, 7) is 0.427. The fourth-order valence-electron chi connectivity index (χ4n) is 4.26. The number of rotatable bonds is 5. The van der Waals surface area contributed by atoms with Gasteiger partial charge >= 0.3 is 6.09 Å². The molecule has 2 aliphatic heterocycles. The summed E-state index contributed by atoms with van der Waals surface area (Å²) in [6.07, 6.45) is 5.49. The van der Waals surface area contributed by atoms with E-state index < -0.39 is 11.6 Å². The van der Waals surface area contributed by atoms with Gasteiger partial charge in [-0.05, 0) is 44.6 Å². The van der Waals surface area contributed by atoms with Crippen molar-refractivity contribution in [3.63, 3.8) is 0 Å². The Morgan fingerprint density at radius 1 is 1.37 bits per heavy atom. The lowest BCUT2D eigenvalue weighted by molar-refractivity contribution is -0.162. The van der Waals surface area contributed by atoms with Crippen LogP contribution in [0.25, 0.3) is 11.0 Å². The van der Waals surface area contributed by atoms with Crippen LogP contribution < -0.4 is 10.1 Å². The van der Waals surface area contributed by atoms with Crippen molar-refractivity contribution in [2.45, 2.75) is 49.7 Å². The van der Waals surface area contributed by atoms with Crippen LogP contribution in [0.2, 0.25) is 5.02 Å². The summed E-state index contributed by atoms with van der Waals surface area (Å²) in [4.78, 5) is 19.9. The maximum absolute atomic E-state index is 11.0. The van der Waals surface area contributed by atoms with Gasteiger partial charge in [0.15, 0.2) is 0 Å². The van der Waals surface area contributed by atoms with Gasteiger partial charge in [0, 0.05) is 17.8 Å². The highest BCUT2D eigenvalue weighted by Gasteiger charge is 2.50. The Labute approximate surface area is 162 Å². The SMILES string of the molecule is COc1ccc2ncc(Cl)c(CCC34CCC(NC(=O)O)(CC3)CO4)c2n1. The van der Waals surface area contributed by atoms with E-state index in [9.17, 15) is 4.79 Å². The fourth-order valence-corrected chi connectivity index (χ4v) is 4.49. The van der Waals surface area contributed by atoms with Crippen molar-refractivity contribution in [2.24, 2.45) is 0 Å². The highest BCUT2D eigenvalue weighted by atomic mass is 35.5. The molecule has 2 bridgehead atoms. The molecule has 0 spiro atoms. The molecule has 8 heteroatoms. The zero-order chi connectivity index (χ0) is 19.1. The molecule has 0 radical (unpaired) electrons. The Kier molecular flexibility index (Phi) is 4.60. The molecule has 0 unspecified atom stereocenters. The summed E-state index contributed by atoms with van der Waals surface area (Å²) in [5.41, 5.74) is 1.84. The Balaban J connectivity index is 1.53. The molecule has 2 N–H and O–H groups in total. The van der Waals surface area contributed by atoms with Crippen molar-refractivity contribution in [3.05, 3.63) is 28.9 Å². The highest BCUT2D eigenvalue weighted by Crippen LogP contribution is 2.46. The maximum Gasteiger partial charge on any atom is 0.405 e. The van der Waals surface area contributed by atoms with E-state index >= 15 is 0 Å². The number of methoxy groups -OCH3 is 1. The van der Waals surface area contributed by atoms with Gasteiger partial charge in [0.1, 0.15) is 0 Å². The average molecular weight is 392 g/mol. The molecule has 2 saturated heterocycles. The Bertz CT molecular complexity index is 864. The van der Waals surface area contributed by atoms with Crippen LogP contribution in [0.15, 0.2) is 18.3 Å². The van der Waals surface area contributed by atoms with Crippen LogP contribution in [-0.2, 0) is 11.2 Å². The smallest absolute Gasteiger partial charge is 0.405 e. The molecule has 5 rings (SSSR count). The summed E-state index contributed by atoms with van der Waals surface area (Å²) >= 11 is 6.43. The number of carbonyl (C=O) groups is 1. The van der Waals surface area contributed by atoms with E-state index in [4.69, 9.17) is 26.2 Å². The van der Waals surface area contributed by atoms with Crippen molar-refractivity contribution in [2.75, 3.05) is 13.7 Å². The van der Waals surface area contributed by atoms with E-state index in [0.717, 1.165) is 55.1 Å². The van der Waals surface area contributed by atoms with Crippen LogP contribution in [0.1, 0.15) is 37.7 Å². The molecule has 2 aromatic rings. The van der Waals surface area contributed by atoms with E-state index in [1.54, 1.807) is 19.4 Å². The molecule has 1 amide bonds. The largest absolute Gasteiger partial charge is 0.481 e. The molecule has 144 valence electrons. The lowest BCUT2D eigenvalue weighted by atomic mass is 9.69. The van der Waals surface area contributed by atoms with Crippen molar-refractivity contribution in [1.82, 2.24) is 15.3 Å². The summed E-state index contributed by atoms with van der Waals surface area (Å²) in [7, 11) is 1.58. The number of nitrogens with one attached hydrogen (secondary N) is 1. The Morgan fingerprint density at radius 3 is 2.78 bits per heavy atom. The summed E-state index contributed by atoms with van der Waals surface area (Å²) in [6, 6.07) is 3.66. The predicted molar refractivity (Wildman–Crippen MR) is 100 cm³/mol. The first-order valence-electron chi connectivity index (χ1n) is 9.08. The number of aromatic nitrogens is 2. The minimum absolute atomic E-state index is 0.222. The van der Waals surface area contributed by atoms with Gasteiger partial charge in [0.25, 0.3) is 0 Å². The van der Waals surface area contributed by atoms with Gasteiger partial charge in [-0.25, -0.2) is 9.78 Å². The third kappa shape index (κ3) is 3.41. The van der Waals surface area contributed by atoms with Gasteiger partial charge in [-0.15, -0.1) is 0 Å². The Hall–Kier alpha value is -2.12. The first kappa shape index (κ1) is 18.3. The first-order chi connectivity index (χ1) is 12.9. The predicted octanol–water partition coefficient (Wildman–Crippen LogP) is 3.57. The van der Waals surface area contributed by atoms with E-state index in [0.29, 0.717) is 17.5 Å². The fraction of sp³-hybridized carbons (Fsp3) is 0.526. The number of pyridine rings is 2. The van der Waals surface area contributed by atoms with E-state index in [2.05, 4.69) is 15.3 Å². The highest BCUT2D eigenvalue weighted by molar-refractivity contribution is 6.32. The van der Waals surface area contributed by atoms with Crippen LogP contribution in [-0.4, -0.2) is 46.0 Å². The molecule has 3 fully saturated rings. The number of hydrogen-bond acceptors (Lipinski definition) is 5. The summed E-state index contributed by atoms with van der Waals surface area (Å²) in [5.74, 6) is 0.530. The molecule has 4 heterocycles. The monoisotopic (exact) mass is 391 g/mol. The van der Waals surface area contributed by atoms with Crippen molar-refractivity contribution in [1.29, 1.82) is 0 Å². The van der Waals surface area contributed by atoms with Gasteiger partial charge in [-0.2, -0.15) is 0 Å². The van der Waals surface area contributed by atoms with Crippen LogP contribution in [0.4, 0.5) is 4.79 Å². The van der Waals surface area contributed by atoms with Gasteiger partial charge in [0.2, 0.25) is 5.88 Å². The van der Waals surface area contributed by atoms with Gasteiger partial charge < -0.3 is 19.9 Å². The van der Waals surface area contributed by atoms with Crippen molar-refractivity contribution < 1.29 is 19.4 Å². The number of amides is 1. The van der Waals surface area contributed by atoms with Crippen LogP contribution in [0, 0.1) is 0 Å². The second kappa shape index (κ2) is 6.80. The quantitative estimate of drug-likeness (QED) is 0.809. The Morgan fingerprint density at radius 2 is 2.15 bits per heavy atom. The molecule has 0 atom stereocenters. The molecule has 27 heavy (non-hydrogen) atoms. The second-order valence-corrected chi connectivity index (χ2v) is 7.90. The number of ether oxygens (including phenoxy) is 2. The zero-order valence-corrected chi connectivity index (χ0v) is 15.9. The number of hydrogen-bond donors (Lipinski definition) is 2. The van der Waals surface area contributed by atoms with E-state index in [1.165, 1.54) is 0 Å². The average Bonchev–Trinajstić information content (AvgIpc) is 2.67. The molecular formula is C19H22ClN3O4. The molecule has 2 aromatic heterocycles. The second-order valence-electron chi connectivity index (χ2n) is 7.49. The normalized spacial score (nSPS) is 26.9. The molecule has 0 aromatic carbocycles. The molecule has 1 aliphatic carbocycles. The third-order valence-electron chi connectivity index (χ3n) is 5.92. The van der Waals surface area contributed by atoms with Crippen molar-refractivity contribution in [3.8, 4) is 5.88 Å². The van der Waals surface area contributed by atoms with Gasteiger partial charge in [0.05, 0.1) is 40.9 Å². The lowest BCUT2D eigenvalue weighted by Crippen LogP contribution is -2.62. The van der Waals surface area contributed by atoms with Gasteiger partial charge in [-0.3, -0.25) is 4.98 Å². The summed E-state index contributed by atoms with van der Waals surface area (Å²) < 4.78 is 11.4. The van der Waals surface area contributed by atoms with Crippen molar-refractivity contribution >= 4 is 28.7 Å². The summed E-state index contributed by atoms with van der Waals surface area (Å²) in [5, 5.41) is 12.3. The van der Waals surface area contributed by atoms with Crippen LogP contribution in [0.5, 0.6) is 5.88 Å². The first-order valence-corrected chi connectivity index (χ1v) is 9.45. The number of halogens is 1. The minimum atomic E-state index is -0.983. The minimum Gasteiger partial charge on any atom is -0.481 e. The zero-order valence-electron chi connectivity index (χ0n) is 15.1. The lowest BCUT2D eigenvalue weighted by Gasteiger charge is -2.53. The molecule has 3 aliphatic rings. The van der Waals surface area contributed by atoms with Crippen LogP contribution >= 0.6 is 11.6 Å². The number of nitrogens with zero attached hydrogens (tertiary/aromatic N) is 2.